The molecule has 0 bridgehead atoms. The first-order valence-electron chi connectivity index (χ1n) is 19.2. The molecule has 1 fully saturated rings. The third-order valence-electron chi connectivity index (χ3n) is 10.7. The van der Waals surface area contributed by atoms with Crippen LogP contribution in [0.15, 0.2) is 194 Å². The van der Waals surface area contributed by atoms with Gasteiger partial charge in [-0.2, -0.15) is 12.1 Å². The van der Waals surface area contributed by atoms with Gasteiger partial charge in [0.2, 0.25) is 0 Å². The normalized spacial score (nSPS) is 15.2. The third-order valence-corrected chi connectivity index (χ3v) is 16.2. The molecule has 0 aliphatic heterocycles. The summed E-state index contributed by atoms with van der Waals surface area (Å²) in [6.45, 7) is 0. The van der Waals surface area contributed by atoms with Crippen LogP contribution in [0.1, 0.15) is 25.7 Å². The van der Waals surface area contributed by atoms with Crippen molar-refractivity contribution >= 4 is 78.9 Å². The van der Waals surface area contributed by atoms with E-state index in [1.54, 1.807) is 0 Å². The zero-order valence-electron chi connectivity index (χ0n) is 31.2. The van der Waals surface area contributed by atoms with E-state index in [0.717, 1.165) is 12.8 Å². The Morgan fingerprint density at radius 2 is 0.661 bits per heavy atom. The molecule has 1 aliphatic carbocycles. The van der Waals surface area contributed by atoms with Crippen LogP contribution in [0.25, 0.3) is 44.1 Å². The molecule has 2 atom stereocenters. The van der Waals surface area contributed by atoms with Crippen LogP contribution in [-0.4, -0.2) is 12.1 Å². The number of halogens is 1. The first-order chi connectivity index (χ1) is 27.7. The zero-order valence-corrected chi connectivity index (χ0v) is 35.7. The fourth-order valence-corrected chi connectivity index (χ4v) is 13.5. The molecule has 0 radical (unpaired) electrons. The van der Waals surface area contributed by atoms with Gasteiger partial charge in [-0.05, 0) is 82.2 Å². The number of rotatable bonds is 7. The molecule has 2 N–H and O–H groups in total. The van der Waals surface area contributed by atoms with Gasteiger partial charge < -0.3 is 11.5 Å². The quantitative estimate of drug-likeness (QED) is 0.113. The van der Waals surface area contributed by atoms with E-state index >= 15 is 0 Å². The monoisotopic (exact) mass is 873 g/mol. The predicted molar refractivity (Wildman–Crippen MR) is 248 cm³/mol. The molecule has 2 nitrogen and oxygen atoms in total. The van der Waals surface area contributed by atoms with Crippen molar-refractivity contribution in [1.29, 1.82) is 0 Å². The third kappa shape index (κ3) is 9.07. The van der Waals surface area contributed by atoms with Gasteiger partial charge in [-0.25, -0.2) is 0 Å². The topological polar surface area (TPSA) is 47.6 Å². The predicted octanol–water partition coefficient (Wildman–Crippen LogP) is 11.7. The summed E-state index contributed by atoms with van der Waals surface area (Å²) in [6.07, 6.45) is 4.25. The Labute approximate surface area is 348 Å². The van der Waals surface area contributed by atoms with Gasteiger partial charge in [-0.1, -0.05) is 159 Å². The molecule has 8 aromatic rings. The molecular weight excluding hydrogens is 827 g/mol. The number of fused-ring (bicyclic) bond motifs is 2. The minimum absolute atomic E-state index is 0.0799. The maximum atomic E-state index is 7.29. The SMILES string of the molecule is [Cl][Ru+2].[NH-][C@@H]1CCCC[C@H]1[NH-].c1ccc([PH+](c2ccccc2)c2ccc3ccccc3c2-c2c([PH+](c3ccccc3)c3ccccc3)ccc3ccccc23)cc1. The number of hydrogen-bond acceptors (Lipinski definition) is 0. The molecule has 56 heavy (non-hydrogen) atoms. The van der Waals surface area contributed by atoms with Crippen LogP contribution in [0.5, 0.6) is 0 Å². The van der Waals surface area contributed by atoms with E-state index in [2.05, 4.69) is 204 Å². The van der Waals surface area contributed by atoms with Gasteiger partial charge >= 0.3 is 27.0 Å². The number of benzene rings is 8. The summed E-state index contributed by atoms with van der Waals surface area (Å²) in [6, 6.07) is 72.1. The Hall–Kier alpha value is -4.03. The van der Waals surface area contributed by atoms with Crippen molar-refractivity contribution in [3.05, 3.63) is 206 Å². The van der Waals surface area contributed by atoms with Crippen molar-refractivity contribution in [2.45, 2.75) is 37.8 Å². The van der Waals surface area contributed by atoms with Gasteiger partial charge in [-0.15, -0.1) is 0 Å². The standard InChI is InChI=1S/C44H32P2.C6H12N2.ClH.Ru/c1-5-19-35(20-6-1)45(36-21-7-2-8-22-36)41-31-29-33-17-13-15-27-39(33)43(41)44-40-28-16-14-18-34(40)30-32-42(44)46(37-23-9-3-10-24-37)38-25-11-4-12-26-38;7-5-3-1-2-4-6(5)8;;/h1-32H;5-8H,1-4H2;1H;/q;-2;;+3/p+1/t;5-,6-;;/m.1../s1. The second-order valence-electron chi connectivity index (χ2n) is 14.1. The summed E-state index contributed by atoms with van der Waals surface area (Å²) in [4.78, 5) is 0. The summed E-state index contributed by atoms with van der Waals surface area (Å²) in [5.74, 6) is 0. The maximum absolute atomic E-state index is 7.29. The van der Waals surface area contributed by atoms with E-state index in [4.69, 9.17) is 11.5 Å². The molecule has 1 aliphatic rings. The van der Waals surface area contributed by atoms with Crippen LogP contribution in [0, 0.1) is 0 Å². The van der Waals surface area contributed by atoms with Crippen molar-refractivity contribution in [3.63, 3.8) is 0 Å². The largest absolute Gasteiger partial charge is 0.676 e. The second-order valence-corrected chi connectivity index (χ2v) is 19.0. The molecule has 0 unspecified atom stereocenters. The average molecular weight is 873 g/mol. The Kier molecular flexibility index (Phi) is 14.3. The summed E-state index contributed by atoms with van der Waals surface area (Å²) >= 11 is 1.82. The molecule has 0 aromatic heterocycles. The van der Waals surface area contributed by atoms with Crippen molar-refractivity contribution in [3.8, 4) is 11.1 Å². The molecule has 8 aromatic carbocycles. The number of nitrogens with one attached hydrogen (secondary N) is 2. The number of hydrogen-bond donors (Lipinski definition) is 0. The summed E-state index contributed by atoms with van der Waals surface area (Å²) < 4.78 is 0. The Morgan fingerprint density at radius 1 is 0.375 bits per heavy atom. The van der Waals surface area contributed by atoms with Gasteiger partial charge in [-0.3, -0.25) is 0 Å². The van der Waals surface area contributed by atoms with E-state index in [9.17, 15) is 0 Å². The first kappa shape index (κ1) is 40.2. The van der Waals surface area contributed by atoms with Crippen LogP contribution < -0.4 is 31.8 Å². The van der Waals surface area contributed by atoms with Crippen LogP contribution in [-0.2, 0) is 17.3 Å². The molecule has 9 rings (SSSR count). The zero-order chi connectivity index (χ0) is 38.7. The van der Waals surface area contributed by atoms with Crippen LogP contribution in [0.3, 0.4) is 0 Å². The van der Waals surface area contributed by atoms with E-state index < -0.39 is 15.8 Å². The van der Waals surface area contributed by atoms with Crippen LogP contribution >= 0.6 is 25.5 Å². The van der Waals surface area contributed by atoms with Crippen LogP contribution in [0.4, 0.5) is 0 Å². The minimum atomic E-state index is -1.37. The minimum Gasteiger partial charge on any atom is -0.676 e. The molecule has 0 heterocycles. The van der Waals surface area contributed by atoms with Crippen molar-refractivity contribution in [2.24, 2.45) is 0 Å². The second kappa shape index (κ2) is 19.9. The maximum Gasteiger partial charge on any atom is 0.111 e. The Balaban J connectivity index is 0.000000425. The van der Waals surface area contributed by atoms with Gasteiger partial charge in [0.15, 0.2) is 0 Å². The Morgan fingerprint density at radius 3 is 0.964 bits per heavy atom. The summed E-state index contributed by atoms with van der Waals surface area (Å²) in [5.41, 5.74) is 17.3. The molecular formula is C50H46ClN2P2Ru+2. The molecule has 0 amide bonds. The molecule has 1 saturated carbocycles. The van der Waals surface area contributed by atoms with E-state index in [1.807, 2.05) is 17.3 Å². The van der Waals surface area contributed by atoms with Gasteiger partial charge in [0.1, 0.15) is 31.8 Å². The fraction of sp³-hybridized carbons (Fsp3) is 0.120. The van der Waals surface area contributed by atoms with Crippen LogP contribution in [0.2, 0.25) is 0 Å². The summed E-state index contributed by atoms with van der Waals surface area (Å²) in [7, 11) is 1.83. The smallest absolute Gasteiger partial charge is 0.111 e. The molecule has 6 heteroatoms. The van der Waals surface area contributed by atoms with Gasteiger partial charge in [0.25, 0.3) is 0 Å². The Bertz CT molecular complexity index is 2200. The van der Waals surface area contributed by atoms with E-state index in [0.29, 0.717) is 0 Å². The summed E-state index contributed by atoms with van der Waals surface area (Å²) in [5, 5.41) is 13.6. The van der Waals surface area contributed by atoms with Crippen molar-refractivity contribution < 1.29 is 17.3 Å². The molecule has 0 spiro atoms. The van der Waals surface area contributed by atoms with Crippen molar-refractivity contribution in [2.75, 3.05) is 0 Å². The molecule has 279 valence electrons. The van der Waals surface area contributed by atoms with Gasteiger partial charge in [0, 0.05) is 11.1 Å². The van der Waals surface area contributed by atoms with Gasteiger partial charge in [0.05, 0.1) is 15.8 Å². The first-order valence-corrected chi connectivity index (χ1v) is 24.5. The fourth-order valence-electron chi connectivity index (χ4n) is 8.00. The average Bonchev–Trinajstić information content (AvgIpc) is 3.27. The van der Waals surface area contributed by atoms with E-state index in [-0.39, 0.29) is 12.1 Å². The molecule has 0 saturated heterocycles. The van der Waals surface area contributed by atoms with E-state index in [1.165, 1.54) is 77.3 Å². The van der Waals surface area contributed by atoms with Crippen molar-refractivity contribution in [1.82, 2.24) is 0 Å².